The maximum atomic E-state index is 12.7. The van der Waals surface area contributed by atoms with Crippen LogP contribution in [0.3, 0.4) is 0 Å². The van der Waals surface area contributed by atoms with E-state index in [-0.39, 0.29) is 12.5 Å². The zero-order valence-electron chi connectivity index (χ0n) is 19.8. The molecule has 0 spiro atoms. The molecule has 0 unspecified atom stereocenters. The normalized spacial score (nSPS) is 10.9. The molecule has 1 aromatic heterocycles. The topological polar surface area (TPSA) is 81.9 Å². The molecule has 182 valence electrons. The van der Waals surface area contributed by atoms with Gasteiger partial charge in [-0.1, -0.05) is 46.3 Å². The SMILES string of the molecule is COC(=O)COc1ccc(Br)cc1/C=N/NC(=O)c1ccc(-n2c(C)ccc2-c2ccccc2)cc1. The average Bonchev–Trinajstić information content (AvgIpc) is 3.29. The number of amides is 1. The smallest absolute Gasteiger partial charge is 0.343 e. The fourth-order valence-electron chi connectivity index (χ4n) is 3.65. The molecule has 4 aromatic rings. The highest BCUT2D eigenvalue weighted by molar-refractivity contribution is 9.10. The fourth-order valence-corrected chi connectivity index (χ4v) is 4.03. The van der Waals surface area contributed by atoms with Gasteiger partial charge in [-0.05, 0) is 67.1 Å². The molecule has 3 aromatic carbocycles. The first kappa shape index (κ1) is 24.9. The van der Waals surface area contributed by atoms with Gasteiger partial charge in [0, 0.05) is 27.0 Å². The average molecular weight is 546 g/mol. The van der Waals surface area contributed by atoms with Crippen LogP contribution < -0.4 is 10.2 Å². The fraction of sp³-hybridized carbons (Fsp3) is 0.107. The Balaban J connectivity index is 1.47. The highest BCUT2D eigenvalue weighted by Gasteiger charge is 2.11. The molecule has 0 radical (unpaired) electrons. The Morgan fingerprint density at radius 1 is 1.00 bits per heavy atom. The van der Waals surface area contributed by atoms with Gasteiger partial charge in [0.25, 0.3) is 5.91 Å². The highest BCUT2D eigenvalue weighted by Crippen LogP contribution is 2.26. The van der Waals surface area contributed by atoms with E-state index >= 15 is 0 Å². The Hall–Kier alpha value is -4.17. The molecule has 1 amide bonds. The summed E-state index contributed by atoms with van der Waals surface area (Å²) in [6, 6.07) is 26.9. The van der Waals surface area contributed by atoms with Crippen molar-refractivity contribution in [2.24, 2.45) is 5.10 Å². The zero-order chi connectivity index (χ0) is 25.5. The first-order chi connectivity index (χ1) is 17.5. The molecule has 0 atom stereocenters. The third-order valence-corrected chi connectivity index (χ3v) is 5.94. The summed E-state index contributed by atoms with van der Waals surface area (Å²) in [5, 5.41) is 4.06. The van der Waals surface area contributed by atoms with E-state index in [1.54, 1.807) is 30.3 Å². The summed E-state index contributed by atoms with van der Waals surface area (Å²) < 4.78 is 13.0. The van der Waals surface area contributed by atoms with Gasteiger partial charge in [0.2, 0.25) is 0 Å². The maximum Gasteiger partial charge on any atom is 0.343 e. The summed E-state index contributed by atoms with van der Waals surface area (Å²) in [6.45, 7) is 1.82. The van der Waals surface area contributed by atoms with Crippen LogP contribution in [-0.2, 0) is 9.53 Å². The second kappa shape index (κ2) is 11.5. The lowest BCUT2D eigenvalue weighted by atomic mass is 10.1. The van der Waals surface area contributed by atoms with Gasteiger partial charge in [0.1, 0.15) is 5.75 Å². The molecule has 0 aliphatic heterocycles. The molecular weight excluding hydrogens is 522 g/mol. The number of hydrogen-bond donors (Lipinski definition) is 1. The van der Waals surface area contributed by atoms with Gasteiger partial charge in [-0.3, -0.25) is 4.79 Å². The predicted molar refractivity (Wildman–Crippen MR) is 143 cm³/mol. The molecule has 0 aliphatic rings. The summed E-state index contributed by atoms with van der Waals surface area (Å²) in [5.41, 5.74) is 7.83. The quantitative estimate of drug-likeness (QED) is 0.179. The van der Waals surface area contributed by atoms with E-state index in [4.69, 9.17) is 4.74 Å². The summed E-state index contributed by atoms with van der Waals surface area (Å²) >= 11 is 3.40. The third kappa shape index (κ3) is 5.90. The van der Waals surface area contributed by atoms with Gasteiger partial charge in [-0.15, -0.1) is 0 Å². The maximum absolute atomic E-state index is 12.7. The van der Waals surface area contributed by atoms with Crippen LogP contribution in [0.1, 0.15) is 21.6 Å². The number of esters is 1. The van der Waals surface area contributed by atoms with E-state index in [1.165, 1.54) is 13.3 Å². The van der Waals surface area contributed by atoms with Crippen molar-refractivity contribution >= 4 is 34.0 Å². The Labute approximate surface area is 217 Å². The number of carbonyl (C=O) groups excluding carboxylic acids is 2. The van der Waals surface area contributed by atoms with E-state index in [2.05, 4.69) is 60.0 Å². The third-order valence-electron chi connectivity index (χ3n) is 5.45. The van der Waals surface area contributed by atoms with E-state index in [0.717, 1.165) is 27.1 Å². The van der Waals surface area contributed by atoms with E-state index in [9.17, 15) is 9.59 Å². The Morgan fingerprint density at radius 3 is 2.47 bits per heavy atom. The van der Waals surface area contributed by atoms with Crippen molar-refractivity contribution in [2.75, 3.05) is 13.7 Å². The van der Waals surface area contributed by atoms with Gasteiger partial charge in [0.15, 0.2) is 6.61 Å². The largest absolute Gasteiger partial charge is 0.481 e. The molecule has 0 saturated carbocycles. The monoisotopic (exact) mass is 545 g/mol. The van der Waals surface area contributed by atoms with Gasteiger partial charge in [-0.25, -0.2) is 10.2 Å². The lowest BCUT2D eigenvalue weighted by Gasteiger charge is -2.13. The molecule has 36 heavy (non-hydrogen) atoms. The molecule has 1 heterocycles. The molecule has 7 nitrogen and oxygen atoms in total. The van der Waals surface area contributed by atoms with Crippen molar-refractivity contribution < 1.29 is 19.1 Å². The summed E-state index contributed by atoms with van der Waals surface area (Å²) in [5.74, 6) is -0.414. The number of halogens is 1. The van der Waals surface area contributed by atoms with Crippen LogP contribution in [0.5, 0.6) is 5.75 Å². The number of aromatic nitrogens is 1. The molecule has 0 bridgehead atoms. The van der Waals surface area contributed by atoms with Gasteiger partial charge >= 0.3 is 5.97 Å². The molecule has 1 N–H and O–H groups in total. The number of nitrogens with one attached hydrogen (secondary N) is 1. The molecular formula is C28H24BrN3O4. The first-order valence-electron chi connectivity index (χ1n) is 11.1. The van der Waals surface area contributed by atoms with Crippen molar-refractivity contribution in [2.45, 2.75) is 6.92 Å². The molecule has 0 saturated heterocycles. The van der Waals surface area contributed by atoms with E-state index in [1.807, 2.05) is 37.3 Å². The number of methoxy groups -OCH3 is 1. The first-order valence-corrected chi connectivity index (χ1v) is 11.9. The van der Waals surface area contributed by atoms with Crippen molar-refractivity contribution in [3.63, 3.8) is 0 Å². The number of hydrazone groups is 1. The Kier molecular flexibility index (Phi) is 7.97. The summed E-state index contributed by atoms with van der Waals surface area (Å²) in [4.78, 5) is 24.0. The number of nitrogens with zero attached hydrogens (tertiary/aromatic N) is 2. The van der Waals surface area contributed by atoms with Gasteiger partial charge in [-0.2, -0.15) is 5.10 Å². The molecule has 8 heteroatoms. The van der Waals surface area contributed by atoms with Crippen LogP contribution in [0.2, 0.25) is 0 Å². The number of aryl methyl sites for hydroxylation is 1. The lowest BCUT2D eigenvalue weighted by molar-refractivity contribution is -0.142. The number of ether oxygens (including phenoxy) is 2. The lowest BCUT2D eigenvalue weighted by Crippen LogP contribution is -2.18. The zero-order valence-corrected chi connectivity index (χ0v) is 21.4. The van der Waals surface area contributed by atoms with E-state index in [0.29, 0.717) is 16.9 Å². The molecule has 4 rings (SSSR count). The van der Waals surface area contributed by atoms with Crippen LogP contribution in [0, 0.1) is 6.92 Å². The van der Waals surface area contributed by atoms with Crippen LogP contribution in [0.25, 0.3) is 16.9 Å². The van der Waals surface area contributed by atoms with Crippen molar-refractivity contribution in [3.05, 3.63) is 106 Å². The Bertz CT molecular complexity index is 1400. The molecule has 0 aliphatic carbocycles. The van der Waals surface area contributed by atoms with Gasteiger partial charge < -0.3 is 14.0 Å². The number of rotatable bonds is 8. The minimum absolute atomic E-state index is 0.232. The summed E-state index contributed by atoms with van der Waals surface area (Å²) in [6.07, 6.45) is 1.46. The Morgan fingerprint density at radius 2 is 1.75 bits per heavy atom. The minimum Gasteiger partial charge on any atom is -0.481 e. The summed E-state index contributed by atoms with van der Waals surface area (Å²) in [7, 11) is 1.29. The van der Waals surface area contributed by atoms with Gasteiger partial charge in [0.05, 0.1) is 19.0 Å². The van der Waals surface area contributed by atoms with Crippen molar-refractivity contribution in [1.29, 1.82) is 0 Å². The number of hydrogen-bond acceptors (Lipinski definition) is 5. The molecule has 0 fully saturated rings. The van der Waals surface area contributed by atoms with E-state index < -0.39 is 5.97 Å². The predicted octanol–water partition coefficient (Wildman–Crippen LogP) is 5.53. The van der Waals surface area contributed by atoms with Crippen molar-refractivity contribution in [3.8, 4) is 22.7 Å². The highest BCUT2D eigenvalue weighted by atomic mass is 79.9. The minimum atomic E-state index is -0.497. The standard InChI is InChI=1S/C28H24BrN3O4/c1-19-8-14-25(20-6-4-3-5-7-20)32(19)24-12-9-21(10-13-24)28(34)31-30-17-22-16-23(29)11-15-26(22)36-18-27(33)35-2/h3-17H,18H2,1-2H3,(H,31,34)/b30-17+. The van der Waals surface area contributed by atoms with Crippen LogP contribution in [0.15, 0.2) is 94.5 Å². The second-order valence-electron chi connectivity index (χ2n) is 7.85. The van der Waals surface area contributed by atoms with Crippen LogP contribution in [-0.4, -0.2) is 36.4 Å². The number of carbonyl (C=O) groups is 2. The second-order valence-corrected chi connectivity index (χ2v) is 8.77. The number of benzene rings is 3. The van der Waals surface area contributed by atoms with Crippen molar-refractivity contribution in [1.82, 2.24) is 9.99 Å². The van der Waals surface area contributed by atoms with Crippen LogP contribution >= 0.6 is 15.9 Å². The van der Waals surface area contributed by atoms with Crippen LogP contribution in [0.4, 0.5) is 0 Å².